The van der Waals surface area contributed by atoms with E-state index in [1.165, 1.54) is 6.92 Å². The summed E-state index contributed by atoms with van der Waals surface area (Å²) in [4.78, 5) is 22.4. The third-order valence-electron chi connectivity index (χ3n) is 3.13. The summed E-state index contributed by atoms with van der Waals surface area (Å²) >= 11 is 0. The van der Waals surface area contributed by atoms with Crippen molar-refractivity contribution in [1.82, 2.24) is 21.3 Å². The van der Waals surface area contributed by atoms with Crippen molar-refractivity contribution in [2.24, 2.45) is 0 Å². The van der Waals surface area contributed by atoms with Gasteiger partial charge in [-0.25, -0.2) is 4.79 Å². The number of carbonyl (C=O) groups excluding carboxylic acids is 2. The number of carbonyl (C=O) groups is 2. The van der Waals surface area contributed by atoms with E-state index in [9.17, 15) is 9.59 Å². The van der Waals surface area contributed by atoms with E-state index in [0.717, 1.165) is 0 Å². The lowest BCUT2D eigenvalue weighted by Gasteiger charge is -2.19. The average molecular weight is 375 g/mol. The highest BCUT2D eigenvalue weighted by molar-refractivity contribution is 6.02. The van der Waals surface area contributed by atoms with Crippen LogP contribution in [0.1, 0.15) is 27.7 Å². The summed E-state index contributed by atoms with van der Waals surface area (Å²) in [5.41, 5.74) is 0. The van der Waals surface area contributed by atoms with Gasteiger partial charge in [0.05, 0.1) is 45.2 Å². The van der Waals surface area contributed by atoms with Crippen LogP contribution in [0.4, 0.5) is 4.79 Å². The summed E-state index contributed by atoms with van der Waals surface area (Å²) in [7, 11) is 1.89. The van der Waals surface area contributed by atoms with E-state index in [1.807, 2.05) is 20.9 Å². The molecule has 0 saturated carbocycles. The highest BCUT2D eigenvalue weighted by atomic mass is 16.5. The first-order valence-electron chi connectivity index (χ1n) is 8.62. The van der Waals surface area contributed by atoms with Gasteiger partial charge in [-0.3, -0.25) is 20.8 Å². The molecule has 0 aliphatic rings. The second-order valence-electron chi connectivity index (χ2n) is 6.04. The first kappa shape index (κ1) is 24.2. The number of hydrogen-bond donors (Lipinski definition) is 5. The quantitative estimate of drug-likeness (QED) is 0.182. The average Bonchev–Trinajstić information content (AvgIpc) is 2.54. The van der Waals surface area contributed by atoms with Crippen LogP contribution in [-0.4, -0.2) is 76.2 Å². The van der Waals surface area contributed by atoms with Gasteiger partial charge in [0, 0.05) is 13.0 Å². The number of likely N-dealkylation sites (N-methyl/N-ethyl adjacent to an activating group) is 1. The van der Waals surface area contributed by atoms with Gasteiger partial charge in [0.1, 0.15) is 0 Å². The van der Waals surface area contributed by atoms with E-state index in [-0.39, 0.29) is 18.1 Å². The molecular formula is C16H33N5O5. The zero-order valence-corrected chi connectivity index (χ0v) is 16.3. The largest absolute Gasteiger partial charge is 0.377 e. The molecule has 5 N–H and O–H groups in total. The van der Waals surface area contributed by atoms with Crippen LogP contribution in [0.2, 0.25) is 0 Å². The molecule has 3 unspecified atom stereocenters. The van der Waals surface area contributed by atoms with Crippen molar-refractivity contribution in [1.29, 1.82) is 5.41 Å². The van der Waals surface area contributed by atoms with Crippen LogP contribution in [0.3, 0.4) is 0 Å². The molecule has 10 nitrogen and oxygen atoms in total. The van der Waals surface area contributed by atoms with Crippen LogP contribution in [0.5, 0.6) is 0 Å². The van der Waals surface area contributed by atoms with E-state index in [2.05, 4.69) is 21.3 Å². The minimum atomic E-state index is -0.586. The Labute approximate surface area is 155 Å². The van der Waals surface area contributed by atoms with E-state index in [1.54, 1.807) is 6.92 Å². The number of rotatable bonds is 12. The molecule has 0 aliphatic heterocycles. The van der Waals surface area contributed by atoms with Crippen molar-refractivity contribution < 1.29 is 23.8 Å². The van der Waals surface area contributed by atoms with Gasteiger partial charge in [-0.2, -0.15) is 0 Å². The number of nitrogens with one attached hydrogen (secondary N) is 5. The highest BCUT2D eigenvalue weighted by Gasteiger charge is 2.11. The fourth-order valence-corrected chi connectivity index (χ4v) is 1.69. The number of amides is 3. The van der Waals surface area contributed by atoms with E-state index < -0.39 is 11.9 Å². The lowest BCUT2D eigenvalue weighted by atomic mass is 10.3. The van der Waals surface area contributed by atoms with Crippen molar-refractivity contribution in [2.45, 2.75) is 45.9 Å². The smallest absolute Gasteiger partial charge is 0.321 e. The predicted molar refractivity (Wildman–Crippen MR) is 98.2 cm³/mol. The van der Waals surface area contributed by atoms with Gasteiger partial charge < -0.3 is 24.8 Å². The second kappa shape index (κ2) is 14.4. The number of urea groups is 1. The summed E-state index contributed by atoms with van der Waals surface area (Å²) in [5.74, 6) is -0.807. The fourth-order valence-electron chi connectivity index (χ4n) is 1.69. The van der Waals surface area contributed by atoms with Crippen molar-refractivity contribution in [3.8, 4) is 0 Å². The lowest BCUT2D eigenvalue weighted by Crippen LogP contribution is -2.49. The van der Waals surface area contributed by atoms with Crippen LogP contribution >= 0.6 is 0 Å². The molecule has 0 saturated heterocycles. The van der Waals surface area contributed by atoms with E-state index >= 15 is 0 Å². The molecular weight excluding hydrogens is 342 g/mol. The SMILES string of the molecule is CNC(C)COCCOCC(C)OCC(C)NC(=O)NC(=N)NC(C)=O. The van der Waals surface area contributed by atoms with E-state index in [0.29, 0.717) is 39.1 Å². The Bertz CT molecular complexity index is 435. The zero-order valence-electron chi connectivity index (χ0n) is 16.3. The summed E-state index contributed by atoms with van der Waals surface area (Å²) < 4.78 is 16.5. The Morgan fingerprint density at radius 1 is 0.962 bits per heavy atom. The minimum absolute atomic E-state index is 0.128. The maximum Gasteiger partial charge on any atom is 0.321 e. The Morgan fingerprint density at radius 3 is 2.15 bits per heavy atom. The third-order valence-corrected chi connectivity index (χ3v) is 3.13. The number of ether oxygens (including phenoxy) is 3. The molecule has 3 amide bonds. The highest BCUT2D eigenvalue weighted by Crippen LogP contribution is 1.95. The summed E-state index contributed by atoms with van der Waals surface area (Å²) in [5, 5.41) is 17.4. The Hall–Kier alpha value is -1.75. The minimum Gasteiger partial charge on any atom is -0.377 e. The van der Waals surface area contributed by atoms with Crippen LogP contribution in [0.15, 0.2) is 0 Å². The first-order valence-corrected chi connectivity index (χ1v) is 8.62. The summed E-state index contributed by atoms with van der Waals surface area (Å²) in [6.07, 6.45) is -0.128. The molecule has 0 heterocycles. The standard InChI is InChI=1S/C16H33N5O5/c1-11(18-5)8-24-6-7-25-10-13(3)26-9-12(2)19-16(23)21-15(17)20-14(4)22/h11-13,18H,6-10H2,1-5H3,(H4,17,19,20,21,22,23). The molecule has 0 aromatic rings. The fraction of sp³-hybridized carbons (Fsp3) is 0.812. The molecule has 0 spiro atoms. The maximum atomic E-state index is 11.6. The van der Waals surface area contributed by atoms with Gasteiger partial charge in [-0.05, 0) is 27.8 Å². The molecule has 0 fully saturated rings. The third kappa shape index (κ3) is 14.6. The molecule has 10 heteroatoms. The Balaban J connectivity index is 3.71. The maximum absolute atomic E-state index is 11.6. The van der Waals surface area contributed by atoms with Gasteiger partial charge in [-0.15, -0.1) is 0 Å². The van der Waals surface area contributed by atoms with Crippen LogP contribution < -0.4 is 21.3 Å². The van der Waals surface area contributed by atoms with Crippen LogP contribution in [0.25, 0.3) is 0 Å². The van der Waals surface area contributed by atoms with Crippen LogP contribution in [-0.2, 0) is 19.0 Å². The van der Waals surface area contributed by atoms with Crippen LogP contribution in [0, 0.1) is 5.41 Å². The second-order valence-corrected chi connectivity index (χ2v) is 6.04. The Morgan fingerprint density at radius 2 is 1.58 bits per heavy atom. The van der Waals surface area contributed by atoms with Crippen molar-refractivity contribution in [2.75, 3.05) is 40.1 Å². The number of hydrogen-bond acceptors (Lipinski definition) is 7. The predicted octanol–water partition coefficient (Wildman–Crippen LogP) is -0.209. The normalized spacial score (nSPS) is 14.2. The van der Waals surface area contributed by atoms with Gasteiger partial charge >= 0.3 is 6.03 Å². The number of guanidine groups is 1. The molecule has 152 valence electrons. The molecule has 0 bridgehead atoms. The van der Waals surface area contributed by atoms with Gasteiger partial charge in [-0.1, -0.05) is 0 Å². The molecule has 0 aromatic heterocycles. The molecule has 0 radical (unpaired) electrons. The topological polar surface area (TPSA) is 134 Å². The monoisotopic (exact) mass is 375 g/mol. The summed E-state index contributed by atoms with van der Waals surface area (Å²) in [6, 6.07) is -0.545. The van der Waals surface area contributed by atoms with E-state index in [4.69, 9.17) is 19.6 Å². The van der Waals surface area contributed by atoms with Gasteiger partial charge in [0.15, 0.2) is 0 Å². The van der Waals surface area contributed by atoms with Crippen molar-refractivity contribution >= 4 is 17.9 Å². The van der Waals surface area contributed by atoms with Gasteiger partial charge in [0.2, 0.25) is 11.9 Å². The molecule has 0 aliphatic carbocycles. The molecule has 26 heavy (non-hydrogen) atoms. The van der Waals surface area contributed by atoms with Crippen molar-refractivity contribution in [3.05, 3.63) is 0 Å². The molecule has 0 rings (SSSR count). The van der Waals surface area contributed by atoms with Gasteiger partial charge in [0.25, 0.3) is 0 Å². The first-order chi connectivity index (χ1) is 12.2. The summed E-state index contributed by atoms with van der Waals surface area (Å²) in [6.45, 7) is 9.31. The molecule has 0 aromatic carbocycles. The Kier molecular flexibility index (Phi) is 13.5. The lowest BCUT2D eigenvalue weighted by molar-refractivity contribution is -0.117. The van der Waals surface area contributed by atoms with Crippen molar-refractivity contribution in [3.63, 3.8) is 0 Å². The zero-order chi connectivity index (χ0) is 19.9. The molecule has 3 atom stereocenters.